The average molecular weight is 394 g/mol. The van der Waals surface area contributed by atoms with Crippen molar-refractivity contribution in [2.75, 3.05) is 26.0 Å². The molecule has 146 valence electrons. The van der Waals surface area contributed by atoms with Gasteiger partial charge in [0.15, 0.2) is 6.61 Å². The van der Waals surface area contributed by atoms with E-state index in [1.54, 1.807) is 16.9 Å². The minimum absolute atomic E-state index is 0.0590. The molecule has 1 N–H and O–H groups in total. The Labute approximate surface area is 158 Å². The van der Waals surface area contributed by atoms with Gasteiger partial charge in [0.1, 0.15) is 5.82 Å². The maximum absolute atomic E-state index is 12.0. The Balaban J connectivity index is 1.95. The van der Waals surface area contributed by atoms with Crippen molar-refractivity contribution in [1.82, 2.24) is 14.1 Å². The van der Waals surface area contributed by atoms with Crippen LogP contribution in [0.2, 0.25) is 0 Å². The zero-order valence-electron chi connectivity index (χ0n) is 15.5. The second kappa shape index (κ2) is 8.31. The summed E-state index contributed by atoms with van der Waals surface area (Å²) in [6.07, 6.45) is 1.56. The summed E-state index contributed by atoms with van der Waals surface area (Å²) in [6, 6.07) is 7.01. The number of benzene rings is 1. The molecule has 0 aliphatic carbocycles. The number of sulfonamides is 1. The molecule has 0 atom stereocenters. The highest BCUT2D eigenvalue weighted by atomic mass is 32.2. The lowest BCUT2D eigenvalue weighted by Crippen LogP contribution is -2.23. The Bertz CT molecular complexity index is 917. The van der Waals surface area contributed by atoms with E-state index >= 15 is 0 Å². The van der Waals surface area contributed by atoms with Gasteiger partial charge in [-0.05, 0) is 38.1 Å². The Kier molecular flexibility index (Phi) is 6.34. The molecule has 1 heterocycles. The molecule has 0 aliphatic rings. The quantitative estimate of drug-likeness (QED) is 0.713. The number of carbonyl (C=O) groups excluding carboxylic acids is 2. The highest BCUT2D eigenvalue weighted by Crippen LogP contribution is 2.15. The van der Waals surface area contributed by atoms with E-state index in [0.717, 1.165) is 4.31 Å². The monoisotopic (exact) mass is 394 g/mol. The van der Waals surface area contributed by atoms with Crippen LogP contribution in [0.25, 0.3) is 0 Å². The van der Waals surface area contributed by atoms with Gasteiger partial charge in [-0.3, -0.25) is 4.79 Å². The van der Waals surface area contributed by atoms with E-state index in [0.29, 0.717) is 5.82 Å². The number of rotatable bonds is 7. The lowest BCUT2D eigenvalue weighted by atomic mass is 10.2. The van der Waals surface area contributed by atoms with Crippen molar-refractivity contribution >= 4 is 27.7 Å². The van der Waals surface area contributed by atoms with E-state index in [4.69, 9.17) is 4.74 Å². The normalized spacial score (nSPS) is 11.6. The molecule has 0 bridgehead atoms. The summed E-state index contributed by atoms with van der Waals surface area (Å²) in [6.45, 7) is 3.37. The second-order valence-corrected chi connectivity index (χ2v) is 8.34. The van der Waals surface area contributed by atoms with Gasteiger partial charge in [0.25, 0.3) is 5.91 Å². The highest BCUT2D eigenvalue weighted by molar-refractivity contribution is 7.89. The van der Waals surface area contributed by atoms with E-state index in [9.17, 15) is 18.0 Å². The number of nitrogens with zero attached hydrogens (tertiary/aromatic N) is 3. The van der Waals surface area contributed by atoms with Crippen LogP contribution in [0.5, 0.6) is 0 Å². The molecule has 1 amide bonds. The summed E-state index contributed by atoms with van der Waals surface area (Å²) in [5, 5.41) is 6.71. The molecular formula is C17H22N4O5S. The topological polar surface area (TPSA) is 111 Å². The first-order valence-corrected chi connectivity index (χ1v) is 9.60. The molecule has 27 heavy (non-hydrogen) atoms. The number of esters is 1. The summed E-state index contributed by atoms with van der Waals surface area (Å²) >= 11 is 0. The zero-order chi connectivity index (χ0) is 20.2. The van der Waals surface area contributed by atoms with E-state index in [1.807, 2.05) is 13.8 Å². The standard InChI is InChI=1S/C17H22N4O5S/c1-12(2)21-15(9-10-18-21)19-16(22)11-26-17(23)13-5-7-14(8-6-13)27(24,25)20(3)4/h5-10,12H,11H2,1-4H3,(H,19,22). The minimum Gasteiger partial charge on any atom is -0.452 e. The molecule has 10 heteroatoms. The fourth-order valence-electron chi connectivity index (χ4n) is 2.19. The van der Waals surface area contributed by atoms with Crippen molar-refractivity contribution in [3.8, 4) is 0 Å². The molecule has 0 aliphatic heterocycles. The largest absolute Gasteiger partial charge is 0.452 e. The number of hydrogen-bond acceptors (Lipinski definition) is 6. The van der Waals surface area contributed by atoms with Gasteiger partial charge in [0, 0.05) is 26.2 Å². The van der Waals surface area contributed by atoms with Gasteiger partial charge >= 0.3 is 5.97 Å². The van der Waals surface area contributed by atoms with Gasteiger partial charge < -0.3 is 10.1 Å². The molecule has 0 fully saturated rings. The van der Waals surface area contributed by atoms with Crippen LogP contribution < -0.4 is 5.32 Å². The van der Waals surface area contributed by atoms with Crippen LogP contribution in [0, 0.1) is 0 Å². The smallest absolute Gasteiger partial charge is 0.338 e. The van der Waals surface area contributed by atoms with Gasteiger partial charge in [-0.15, -0.1) is 0 Å². The first kappa shape index (κ1) is 20.6. The van der Waals surface area contributed by atoms with Crippen LogP contribution in [0.4, 0.5) is 5.82 Å². The minimum atomic E-state index is -3.58. The average Bonchev–Trinajstić information content (AvgIpc) is 3.08. The van der Waals surface area contributed by atoms with Crippen molar-refractivity contribution in [3.05, 3.63) is 42.1 Å². The fourth-order valence-corrected chi connectivity index (χ4v) is 3.09. The molecule has 0 unspecified atom stereocenters. The third-order valence-corrected chi connectivity index (χ3v) is 5.46. The lowest BCUT2D eigenvalue weighted by molar-refractivity contribution is -0.119. The Hall–Kier alpha value is -2.72. The molecular weight excluding hydrogens is 372 g/mol. The Morgan fingerprint density at radius 1 is 1.19 bits per heavy atom. The summed E-state index contributed by atoms with van der Waals surface area (Å²) in [4.78, 5) is 24.1. The van der Waals surface area contributed by atoms with Crippen LogP contribution in [0.1, 0.15) is 30.2 Å². The molecule has 1 aromatic carbocycles. The molecule has 0 saturated heterocycles. The third kappa shape index (κ3) is 4.92. The predicted octanol–water partition coefficient (Wildman–Crippen LogP) is 1.51. The van der Waals surface area contributed by atoms with Gasteiger partial charge in [-0.25, -0.2) is 22.2 Å². The zero-order valence-corrected chi connectivity index (χ0v) is 16.4. The van der Waals surface area contributed by atoms with Gasteiger partial charge in [0.05, 0.1) is 16.7 Å². The summed E-state index contributed by atoms with van der Waals surface area (Å²) in [5.41, 5.74) is 0.146. The number of carbonyl (C=O) groups is 2. The molecule has 2 aromatic rings. The van der Waals surface area contributed by atoms with Gasteiger partial charge in [-0.1, -0.05) is 0 Å². The number of anilines is 1. The van der Waals surface area contributed by atoms with Crippen molar-refractivity contribution in [3.63, 3.8) is 0 Å². The Morgan fingerprint density at radius 2 is 1.81 bits per heavy atom. The van der Waals surface area contributed by atoms with Gasteiger partial charge in [-0.2, -0.15) is 5.10 Å². The van der Waals surface area contributed by atoms with Crippen molar-refractivity contribution in [2.24, 2.45) is 0 Å². The van der Waals surface area contributed by atoms with Crippen LogP contribution in [0.3, 0.4) is 0 Å². The number of nitrogens with one attached hydrogen (secondary N) is 1. The van der Waals surface area contributed by atoms with E-state index in [2.05, 4.69) is 10.4 Å². The van der Waals surface area contributed by atoms with Crippen molar-refractivity contribution in [2.45, 2.75) is 24.8 Å². The van der Waals surface area contributed by atoms with Crippen LogP contribution in [-0.2, 0) is 19.6 Å². The lowest BCUT2D eigenvalue weighted by Gasteiger charge is -2.12. The second-order valence-electron chi connectivity index (χ2n) is 6.19. The molecule has 2 rings (SSSR count). The third-order valence-electron chi connectivity index (χ3n) is 3.63. The summed E-state index contributed by atoms with van der Waals surface area (Å²) in [5.74, 6) is -0.724. The predicted molar refractivity (Wildman–Crippen MR) is 98.8 cm³/mol. The number of hydrogen-bond donors (Lipinski definition) is 1. The molecule has 0 spiro atoms. The van der Waals surface area contributed by atoms with E-state index in [-0.39, 0.29) is 16.5 Å². The summed E-state index contributed by atoms with van der Waals surface area (Å²) < 4.78 is 31.7. The van der Waals surface area contributed by atoms with Crippen LogP contribution >= 0.6 is 0 Å². The maximum atomic E-state index is 12.0. The van der Waals surface area contributed by atoms with Crippen LogP contribution in [-0.4, -0.2) is 55.1 Å². The molecule has 1 aromatic heterocycles. The SMILES string of the molecule is CC(C)n1nccc1NC(=O)COC(=O)c1ccc(S(=O)(=O)N(C)C)cc1. The first-order chi connectivity index (χ1) is 12.6. The fraction of sp³-hybridized carbons (Fsp3) is 0.353. The van der Waals surface area contributed by atoms with E-state index < -0.39 is 28.5 Å². The van der Waals surface area contributed by atoms with Crippen LogP contribution in [0.15, 0.2) is 41.4 Å². The van der Waals surface area contributed by atoms with Gasteiger partial charge in [0.2, 0.25) is 10.0 Å². The highest BCUT2D eigenvalue weighted by Gasteiger charge is 2.18. The maximum Gasteiger partial charge on any atom is 0.338 e. The summed E-state index contributed by atoms with van der Waals surface area (Å²) in [7, 11) is -0.740. The van der Waals surface area contributed by atoms with Crippen molar-refractivity contribution in [1.29, 1.82) is 0 Å². The molecule has 0 saturated carbocycles. The van der Waals surface area contributed by atoms with Crippen molar-refractivity contribution < 1.29 is 22.7 Å². The number of amides is 1. The number of ether oxygens (including phenoxy) is 1. The van der Waals surface area contributed by atoms with E-state index in [1.165, 1.54) is 38.4 Å². The molecule has 9 nitrogen and oxygen atoms in total. The molecule has 0 radical (unpaired) electrons. The first-order valence-electron chi connectivity index (χ1n) is 8.16. The number of aromatic nitrogens is 2. The Morgan fingerprint density at radius 3 is 2.37 bits per heavy atom.